The zero-order valence-electron chi connectivity index (χ0n) is 14.5. The largest absolute Gasteiger partial charge is 0.497 e. The molecular formula is C19H21BN2O2. The Bertz CT molecular complexity index is 871. The number of benzene rings is 2. The van der Waals surface area contributed by atoms with Crippen LogP contribution in [0.5, 0.6) is 0 Å². The first kappa shape index (κ1) is 15.4. The van der Waals surface area contributed by atoms with Crippen molar-refractivity contribution in [2.45, 2.75) is 38.9 Å². The van der Waals surface area contributed by atoms with E-state index in [1.54, 1.807) is 0 Å². The minimum Gasteiger partial charge on any atom is -0.399 e. The van der Waals surface area contributed by atoms with E-state index in [1.165, 1.54) is 0 Å². The standard InChI is InChI=1S/C19H21BN2O2/c1-18(2)19(3,4)24-20(23-18)14-11-8-12-15-16(14)22-17(21-15)13-9-6-5-7-10-13/h5-12H,1-4H3,(H,21,22). The highest BCUT2D eigenvalue weighted by Crippen LogP contribution is 2.37. The van der Waals surface area contributed by atoms with Crippen molar-refractivity contribution in [1.82, 2.24) is 9.97 Å². The first-order valence-electron chi connectivity index (χ1n) is 8.27. The van der Waals surface area contributed by atoms with E-state index in [4.69, 9.17) is 14.3 Å². The quantitative estimate of drug-likeness (QED) is 0.735. The van der Waals surface area contributed by atoms with Crippen LogP contribution in [0.2, 0.25) is 0 Å². The second-order valence-electron chi connectivity index (χ2n) is 7.28. The normalized spacial score (nSPS) is 19.1. The first-order chi connectivity index (χ1) is 11.4. The number of hydrogen-bond donors (Lipinski definition) is 1. The second kappa shape index (κ2) is 5.20. The number of nitrogens with zero attached hydrogens (tertiary/aromatic N) is 1. The van der Waals surface area contributed by atoms with Gasteiger partial charge in [-0.3, -0.25) is 0 Å². The summed E-state index contributed by atoms with van der Waals surface area (Å²) in [6, 6.07) is 16.2. The van der Waals surface area contributed by atoms with E-state index in [-0.39, 0.29) is 11.2 Å². The number of rotatable bonds is 2. The van der Waals surface area contributed by atoms with Crippen LogP contribution in [-0.2, 0) is 9.31 Å². The SMILES string of the molecule is CC1(C)OB(c2cccc3[nH]c(-c4ccccc4)nc23)OC1(C)C. The van der Waals surface area contributed by atoms with Gasteiger partial charge in [-0.05, 0) is 33.8 Å². The minimum atomic E-state index is -0.411. The molecule has 0 unspecified atom stereocenters. The van der Waals surface area contributed by atoms with Gasteiger partial charge in [-0.15, -0.1) is 0 Å². The molecule has 1 saturated heterocycles. The van der Waals surface area contributed by atoms with Gasteiger partial charge in [0.2, 0.25) is 0 Å². The van der Waals surface area contributed by atoms with Crippen LogP contribution in [0.4, 0.5) is 0 Å². The molecule has 0 amide bonds. The summed E-state index contributed by atoms with van der Waals surface area (Å²) in [5.74, 6) is 0.856. The van der Waals surface area contributed by atoms with E-state index in [0.29, 0.717) is 0 Å². The molecule has 4 nitrogen and oxygen atoms in total. The number of para-hydroxylation sites is 1. The summed E-state index contributed by atoms with van der Waals surface area (Å²) in [4.78, 5) is 8.20. The molecule has 0 radical (unpaired) electrons. The Kier molecular flexibility index (Phi) is 3.34. The summed E-state index contributed by atoms with van der Waals surface area (Å²) in [6.07, 6.45) is 0. The van der Waals surface area contributed by atoms with Crippen LogP contribution in [-0.4, -0.2) is 28.3 Å². The number of hydrogen-bond acceptors (Lipinski definition) is 3. The number of fused-ring (bicyclic) bond motifs is 1. The summed E-state index contributed by atoms with van der Waals surface area (Å²) < 4.78 is 12.4. The van der Waals surface area contributed by atoms with Gasteiger partial charge in [0.25, 0.3) is 0 Å². The number of nitrogens with one attached hydrogen (secondary N) is 1. The maximum Gasteiger partial charge on any atom is 0.497 e. The highest BCUT2D eigenvalue weighted by Gasteiger charge is 2.52. The Balaban J connectivity index is 1.79. The van der Waals surface area contributed by atoms with Gasteiger partial charge in [0, 0.05) is 11.0 Å². The molecule has 0 atom stereocenters. The molecule has 0 aliphatic carbocycles. The van der Waals surface area contributed by atoms with Crippen molar-refractivity contribution in [3.8, 4) is 11.4 Å². The molecule has 1 fully saturated rings. The fourth-order valence-corrected chi connectivity index (χ4v) is 2.95. The average Bonchev–Trinajstić information content (AvgIpc) is 3.06. The van der Waals surface area contributed by atoms with Crippen LogP contribution in [0.3, 0.4) is 0 Å². The Morgan fingerprint density at radius 2 is 1.54 bits per heavy atom. The highest BCUT2D eigenvalue weighted by atomic mass is 16.7. The van der Waals surface area contributed by atoms with Crippen molar-refractivity contribution < 1.29 is 9.31 Å². The number of aromatic nitrogens is 2. The van der Waals surface area contributed by atoms with Crippen LogP contribution in [0, 0.1) is 0 Å². The molecule has 1 aliphatic rings. The molecule has 4 rings (SSSR count). The zero-order valence-corrected chi connectivity index (χ0v) is 14.5. The third-order valence-corrected chi connectivity index (χ3v) is 5.10. The lowest BCUT2D eigenvalue weighted by molar-refractivity contribution is 0.00578. The molecule has 1 N–H and O–H groups in total. The highest BCUT2D eigenvalue weighted by molar-refractivity contribution is 6.64. The van der Waals surface area contributed by atoms with Crippen molar-refractivity contribution >= 4 is 23.6 Å². The second-order valence-corrected chi connectivity index (χ2v) is 7.28. The van der Waals surface area contributed by atoms with Crippen molar-refractivity contribution in [3.63, 3.8) is 0 Å². The zero-order chi connectivity index (χ0) is 16.9. The molecule has 0 spiro atoms. The number of H-pyrrole nitrogens is 1. The van der Waals surface area contributed by atoms with Gasteiger partial charge in [0.15, 0.2) is 0 Å². The smallest absolute Gasteiger partial charge is 0.399 e. The van der Waals surface area contributed by atoms with Gasteiger partial charge in [-0.1, -0.05) is 42.5 Å². The molecule has 2 aromatic carbocycles. The van der Waals surface area contributed by atoms with Crippen LogP contribution in [0.15, 0.2) is 48.5 Å². The molecule has 5 heteroatoms. The molecule has 2 heterocycles. The summed E-state index contributed by atoms with van der Waals surface area (Å²) in [6.45, 7) is 8.25. The Hall–Kier alpha value is -2.11. The fourth-order valence-electron chi connectivity index (χ4n) is 2.95. The van der Waals surface area contributed by atoms with E-state index in [0.717, 1.165) is 27.9 Å². The molecule has 0 bridgehead atoms. The lowest BCUT2D eigenvalue weighted by Crippen LogP contribution is -2.41. The third-order valence-electron chi connectivity index (χ3n) is 5.10. The summed E-state index contributed by atoms with van der Waals surface area (Å²) in [5, 5.41) is 0. The van der Waals surface area contributed by atoms with Crippen LogP contribution in [0.1, 0.15) is 27.7 Å². The molecule has 1 aromatic heterocycles. The Morgan fingerprint density at radius 1 is 0.875 bits per heavy atom. The maximum atomic E-state index is 6.20. The number of imidazole rings is 1. The van der Waals surface area contributed by atoms with Crippen LogP contribution in [0.25, 0.3) is 22.4 Å². The third kappa shape index (κ3) is 2.36. The Labute approximate surface area is 142 Å². The van der Waals surface area contributed by atoms with E-state index in [2.05, 4.69) is 32.7 Å². The average molecular weight is 320 g/mol. The van der Waals surface area contributed by atoms with Crippen molar-refractivity contribution in [1.29, 1.82) is 0 Å². The monoisotopic (exact) mass is 320 g/mol. The van der Waals surface area contributed by atoms with E-state index in [9.17, 15) is 0 Å². The molecule has 24 heavy (non-hydrogen) atoms. The maximum absolute atomic E-state index is 6.20. The summed E-state index contributed by atoms with van der Waals surface area (Å²) in [7, 11) is -0.411. The van der Waals surface area contributed by atoms with Gasteiger partial charge in [-0.2, -0.15) is 0 Å². The van der Waals surface area contributed by atoms with Crippen molar-refractivity contribution in [2.24, 2.45) is 0 Å². The van der Waals surface area contributed by atoms with E-state index >= 15 is 0 Å². The van der Waals surface area contributed by atoms with Crippen LogP contribution >= 0.6 is 0 Å². The van der Waals surface area contributed by atoms with Gasteiger partial charge in [0.1, 0.15) is 5.82 Å². The van der Waals surface area contributed by atoms with Crippen molar-refractivity contribution in [2.75, 3.05) is 0 Å². The van der Waals surface area contributed by atoms with E-state index < -0.39 is 7.12 Å². The van der Waals surface area contributed by atoms with Gasteiger partial charge in [0.05, 0.1) is 22.2 Å². The summed E-state index contributed by atoms with van der Waals surface area (Å²) in [5.41, 5.74) is 3.19. The van der Waals surface area contributed by atoms with Gasteiger partial charge in [-0.25, -0.2) is 4.98 Å². The minimum absolute atomic E-state index is 0.363. The predicted octanol–water partition coefficient (Wildman–Crippen LogP) is 3.53. The van der Waals surface area contributed by atoms with Gasteiger partial charge >= 0.3 is 7.12 Å². The van der Waals surface area contributed by atoms with Crippen molar-refractivity contribution in [3.05, 3.63) is 48.5 Å². The van der Waals surface area contributed by atoms with Crippen LogP contribution < -0.4 is 5.46 Å². The molecule has 122 valence electrons. The summed E-state index contributed by atoms with van der Waals surface area (Å²) >= 11 is 0. The van der Waals surface area contributed by atoms with E-state index in [1.807, 2.05) is 48.5 Å². The first-order valence-corrected chi connectivity index (χ1v) is 8.27. The lowest BCUT2D eigenvalue weighted by Gasteiger charge is -2.32. The van der Waals surface area contributed by atoms with Gasteiger partial charge < -0.3 is 14.3 Å². The molecule has 0 saturated carbocycles. The predicted molar refractivity (Wildman–Crippen MR) is 97.2 cm³/mol. The topological polar surface area (TPSA) is 47.1 Å². The number of aromatic amines is 1. The Morgan fingerprint density at radius 3 is 2.21 bits per heavy atom. The fraction of sp³-hybridized carbons (Fsp3) is 0.316. The molecular weight excluding hydrogens is 299 g/mol. The molecule has 3 aromatic rings. The molecule has 1 aliphatic heterocycles. The lowest BCUT2D eigenvalue weighted by atomic mass is 9.78.